The maximum Gasteiger partial charge on any atom is 0.0709 e. The van der Waals surface area contributed by atoms with Crippen LogP contribution in [-0.2, 0) is 0 Å². The summed E-state index contributed by atoms with van der Waals surface area (Å²) in [5.41, 5.74) is 5.86. The van der Waals surface area contributed by atoms with Crippen LogP contribution >= 0.6 is 0 Å². The highest BCUT2D eigenvalue weighted by atomic mass is 15.2. The van der Waals surface area contributed by atoms with Crippen molar-refractivity contribution in [2.24, 2.45) is 5.73 Å². The van der Waals surface area contributed by atoms with E-state index in [4.69, 9.17) is 12.2 Å². The quantitative estimate of drug-likeness (QED) is 0.615. The maximum atomic E-state index is 5.86. The largest absolute Gasteiger partial charge is 0.327 e. The zero-order valence-corrected chi connectivity index (χ0v) is 7.79. The van der Waals surface area contributed by atoms with Gasteiger partial charge in [0.1, 0.15) is 0 Å². The number of terminal acetylenes is 1. The van der Waals surface area contributed by atoms with Gasteiger partial charge >= 0.3 is 0 Å². The number of nitrogens with two attached hydrogens (primary N) is 1. The van der Waals surface area contributed by atoms with Crippen molar-refractivity contribution in [1.82, 2.24) is 4.90 Å². The average Bonchev–Trinajstić information content (AvgIpc) is 2.07. The lowest BCUT2D eigenvalue weighted by Gasteiger charge is -2.34. The molecule has 2 nitrogen and oxygen atoms in total. The van der Waals surface area contributed by atoms with Gasteiger partial charge in [0.2, 0.25) is 0 Å². The Hall–Kier alpha value is -0.520. The molecule has 0 aromatic rings. The van der Waals surface area contributed by atoms with Crippen molar-refractivity contribution < 1.29 is 0 Å². The summed E-state index contributed by atoms with van der Waals surface area (Å²) in [6, 6.07) is 0.637. The molecule has 0 spiro atoms. The zero-order valence-electron chi connectivity index (χ0n) is 7.79. The summed E-state index contributed by atoms with van der Waals surface area (Å²) in [7, 11) is 0. The Morgan fingerprint density at radius 3 is 3.00 bits per heavy atom. The van der Waals surface area contributed by atoms with Gasteiger partial charge in [0, 0.05) is 12.6 Å². The summed E-state index contributed by atoms with van der Waals surface area (Å²) >= 11 is 0. The summed E-state index contributed by atoms with van der Waals surface area (Å²) in [6.07, 6.45) is 8.80. The SMILES string of the molecule is C#CC(CC)N1CCCC(N)C1. The molecule has 0 aromatic carbocycles. The Balaban J connectivity index is 2.45. The van der Waals surface area contributed by atoms with E-state index in [9.17, 15) is 0 Å². The second kappa shape index (κ2) is 4.49. The van der Waals surface area contributed by atoms with Crippen LogP contribution in [0.5, 0.6) is 0 Å². The average molecular weight is 166 g/mol. The highest BCUT2D eigenvalue weighted by Crippen LogP contribution is 2.12. The molecule has 0 saturated carbocycles. The molecule has 1 aliphatic heterocycles. The molecule has 1 heterocycles. The first-order valence-corrected chi connectivity index (χ1v) is 4.73. The third-order valence-corrected chi connectivity index (χ3v) is 2.51. The van der Waals surface area contributed by atoms with E-state index in [1.54, 1.807) is 0 Å². The molecule has 0 aromatic heterocycles. The van der Waals surface area contributed by atoms with Crippen LogP contribution in [0.3, 0.4) is 0 Å². The molecule has 2 atom stereocenters. The molecule has 2 heteroatoms. The fourth-order valence-corrected chi connectivity index (χ4v) is 1.80. The van der Waals surface area contributed by atoms with E-state index in [1.165, 1.54) is 6.42 Å². The van der Waals surface area contributed by atoms with Crippen LogP contribution in [0.1, 0.15) is 26.2 Å². The Kier molecular flexibility index (Phi) is 3.58. The highest BCUT2D eigenvalue weighted by Gasteiger charge is 2.21. The number of hydrogen-bond acceptors (Lipinski definition) is 2. The predicted molar refractivity (Wildman–Crippen MR) is 51.7 cm³/mol. The molecule has 1 aliphatic rings. The summed E-state index contributed by atoms with van der Waals surface area (Å²) in [4.78, 5) is 2.33. The lowest BCUT2D eigenvalue weighted by atomic mass is 10.0. The maximum absolute atomic E-state index is 5.86. The molecule has 68 valence electrons. The molecule has 2 N–H and O–H groups in total. The van der Waals surface area contributed by atoms with Crippen molar-refractivity contribution in [3.63, 3.8) is 0 Å². The second-order valence-electron chi connectivity index (χ2n) is 3.49. The van der Waals surface area contributed by atoms with Crippen LogP contribution in [0.25, 0.3) is 0 Å². The van der Waals surface area contributed by atoms with Gasteiger partial charge in [-0.1, -0.05) is 12.8 Å². The monoisotopic (exact) mass is 166 g/mol. The van der Waals surface area contributed by atoms with Crippen molar-refractivity contribution in [1.29, 1.82) is 0 Å². The van der Waals surface area contributed by atoms with Crippen LogP contribution in [0.4, 0.5) is 0 Å². The third-order valence-electron chi connectivity index (χ3n) is 2.51. The van der Waals surface area contributed by atoms with Gasteiger partial charge < -0.3 is 5.73 Å². The molecular formula is C10H18N2. The second-order valence-corrected chi connectivity index (χ2v) is 3.49. The lowest BCUT2D eigenvalue weighted by Crippen LogP contribution is -2.47. The van der Waals surface area contributed by atoms with Crippen LogP contribution in [0, 0.1) is 12.3 Å². The number of hydrogen-bond donors (Lipinski definition) is 1. The third kappa shape index (κ3) is 2.23. The minimum atomic E-state index is 0.302. The fourth-order valence-electron chi connectivity index (χ4n) is 1.80. The minimum absolute atomic E-state index is 0.302. The van der Waals surface area contributed by atoms with E-state index in [2.05, 4.69) is 17.7 Å². The van der Waals surface area contributed by atoms with Gasteiger partial charge in [-0.3, -0.25) is 4.90 Å². The summed E-state index contributed by atoms with van der Waals surface area (Å²) in [6.45, 7) is 4.23. The van der Waals surface area contributed by atoms with Crippen molar-refractivity contribution in [3.05, 3.63) is 0 Å². The van der Waals surface area contributed by atoms with Gasteiger partial charge in [0.25, 0.3) is 0 Å². The predicted octanol–water partition coefficient (Wildman–Crippen LogP) is 0.821. The summed E-state index contributed by atoms with van der Waals surface area (Å²) in [5.74, 6) is 2.81. The molecule has 0 amide bonds. The molecule has 12 heavy (non-hydrogen) atoms. The van der Waals surface area contributed by atoms with Crippen LogP contribution in [-0.4, -0.2) is 30.1 Å². The summed E-state index contributed by atoms with van der Waals surface area (Å²) in [5, 5.41) is 0. The molecule has 0 aliphatic carbocycles. The number of nitrogens with zero attached hydrogens (tertiary/aromatic N) is 1. The summed E-state index contributed by atoms with van der Waals surface area (Å²) < 4.78 is 0. The highest BCUT2D eigenvalue weighted by molar-refractivity contribution is 5.00. The lowest BCUT2D eigenvalue weighted by molar-refractivity contribution is 0.176. The first-order chi connectivity index (χ1) is 5.77. The smallest absolute Gasteiger partial charge is 0.0709 e. The van der Waals surface area contributed by atoms with E-state index >= 15 is 0 Å². The van der Waals surface area contributed by atoms with Gasteiger partial charge in [0.05, 0.1) is 6.04 Å². The van der Waals surface area contributed by atoms with Crippen molar-refractivity contribution in [2.45, 2.75) is 38.3 Å². The first-order valence-electron chi connectivity index (χ1n) is 4.73. The molecule has 1 fully saturated rings. The number of rotatable bonds is 2. The fraction of sp³-hybridized carbons (Fsp3) is 0.800. The van der Waals surface area contributed by atoms with E-state index in [0.717, 1.165) is 25.9 Å². The number of piperidine rings is 1. The standard InChI is InChI=1S/C10H18N2/c1-3-10(4-2)12-7-5-6-9(11)8-12/h1,9-10H,4-8,11H2,2H3. The normalized spacial score (nSPS) is 27.9. The zero-order chi connectivity index (χ0) is 8.97. The topological polar surface area (TPSA) is 29.3 Å². The van der Waals surface area contributed by atoms with E-state index in [1.807, 2.05) is 0 Å². The van der Waals surface area contributed by atoms with Crippen LogP contribution in [0.2, 0.25) is 0 Å². The Labute approximate surface area is 75.1 Å². The first kappa shape index (κ1) is 9.57. The molecule has 2 unspecified atom stereocenters. The van der Waals surface area contributed by atoms with Gasteiger partial charge in [-0.25, -0.2) is 0 Å². The van der Waals surface area contributed by atoms with Gasteiger partial charge in [0.15, 0.2) is 0 Å². The Morgan fingerprint density at radius 2 is 2.50 bits per heavy atom. The van der Waals surface area contributed by atoms with Gasteiger partial charge in [-0.15, -0.1) is 6.42 Å². The van der Waals surface area contributed by atoms with Gasteiger partial charge in [-0.05, 0) is 25.8 Å². The Bertz CT molecular complexity index is 171. The molecule has 0 bridgehead atoms. The van der Waals surface area contributed by atoms with Crippen LogP contribution in [0.15, 0.2) is 0 Å². The molecular weight excluding hydrogens is 148 g/mol. The molecule has 0 radical (unpaired) electrons. The number of likely N-dealkylation sites (tertiary alicyclic amines) is 1. The van der Waals surface area contributed by atoms with Crippen molar-refractivity contribution in [3.8, 4) is 12.3 Å². The van der Waals surface area contributed by atoms with Crippen molar-refractivity contribution >= 4 is 0 Å². The van der Waals surface area contributed by atoms with Crippen molar-refractivity contribution in [2.75, 3.05) is 13.1 Å². The Morgan fingerprint density at radius 1 is 1.75 bits per heavy atom. The van der Waals surface area contributed by atoms with E-state index < -0.39 is 0 Å². The van der Waals surface area contributed by atoms with E-state index in [-0.39, 0.29) is 0 Å². The van der Waals surface area contributed by atoms with Gasteiger partial charge in [-0.2, -0.15) is 0 Å². The van der Waals surface area contributed by atoms with E-state index in [0.29, 0.717) is 12.1 Å². The minimum Gasteiger partial charge on any atom is -0.327 e. The molecule has 1 rings (SSSR count). The molecule has 1 saturated heterocycles. The van der Waals surface area contributed by atoms with Crippen LogP contribution < -0.4 is 5.73 Å².